The molecule has 0 saturated heterocycles. The number of aromatic nitrogens is 6. The molecule has 0 unspecified atom stereocenters. The third-order valence-corrected chi connectivity index (χ3v) is 2.81. The molecule has 108 valence electrons. The molecule has 20 heavy (non-hydrogen) atoms. The van der Waals surface area contributed by atoms with Gasteiger partial charge in [-0.15, -0.1) is 5.10 Å². The van der Waals surface area contributed by atoms with Crippen molar-refractivity contribution in [1.29, 1.82) is 0 Å². The first-order valence-corrected chi connectivity index (χ1v) is 6.48. The highest BCUT2D eigenvalue weighted by molar-refractivity contribution is 5.95. The van der Waals surface area contributed by atoms with Gasteiger partial charge in [0.15, 0.2) is 0 Å². The van der Waals surface area contributed by atoms with Crippen molar-refractivity contribution in [2.75, 3.05) is 7.11 Å². The number of oxime groups is 1. The van der Waals surface area contributed by atoms with Crippen LogP contribution in [0.2, 0.25) is 0 Å². The Hall–Kier alpha value is -2.25. The molecule has 2 aromatic rings. The molecular weight excluding hydrogens is 258 g/mol. The zero-order chi connectivity index (χ0) is 14.5. The molecule has 0 aliphatic carbocycles. The maximum absolute atomic E-state index is 4.84. The lowest BCUT2D eigenvalue weighted by Crippen LogP contribution is -2.16. The summed E-state index contributed by atoms with van der Waals surface area (Å²) >= 11 is 0. The Balaban J connectivity index is 2.27. The molecular formula is C12H19N7O. The summed E-state index contributed by atoms with van der Waals surface area (Å²) in [4.78, 5) is 13.2. The highest BCUT2D eigenvalue weighted by atomic mass is 16.6. The van der Waals surface area contributed by atoms with Crippen LogP contribution in [0, 0.1) is 5.92 Å². The third kappa shape index (κ3) is 3.19. The molecule has 0 N–H and O–H groups in total. The van der Waals surface area contributed by atoms with E-state index < -0.39 is 0 Å². The number of hydrogen-bond acceptors (Lipinski definition) is 6. The van der Waals surface area contributed by atoms with Crippen molar-refractivity contribution in [1.82, 2.24) is 29.5 Å². The van der Waals surface area contributed by atoms with E-state index in [-0.39, 0.29) is 0 Å². The van der Waals surface area contributed by atoms with Gasteiger partial charge in [0.2, 0.25) is 11.7 Å². The van der Waals surface area contributed by atoms with Crippen LogP contribution in [0.5, 0.6) is 0 Å². The van der Waals surface area contributed by atoms with Gasteiger partial charge in [0.05, 0.1) is 0 Å². The minimum Gasteiger partial charge on any atom is -0.397 e. The van der Waals surface area contributed by atoms with E-state index in [9.17, 15) is 0 Å². The van der Waals surface area contributed by atoms with E-state index in [1.165, 1.54) is 24.4 Å². The Morgan fingerprint density at radius 3 is 2.85 bits per heavy atom. The van der Waals surface area contributed by atoms with Gasteiger partial charge in [-0.3, -0.25) is 4.68 Å². The van der Waals surface area contributed by atoms with Crippen molar-refractivity contribution in [3.63, 3.8) is 0 Å². The summed E-state index contributed by atoms with van der Waals surface area (Å²) in [6.45, 7) is 4.37. The van der Waals surface area contributed by atoms with Gasteiger partial charge in [0, 0.05) is 13.5 Å². The minimum atomic E-state index is 0.413. The Labute approximate surface area is 117 Å². The van der Waals surface area contributed by atoms with Crippen molar-refractivity contribution >= 4 is 5.84 Å². The predicted molar refractivity (Wildman–Crippen MR) is 73.1 cm³/mol. The lowest BCUT2D eigenvalue weighted by atomic mass is 10.1. The summed E-state index contributed by atoms with van der Waals surface area (Å²) < 4.78 is 3.24. The molecule has 2 aromatic heterocycles. The first-order valence-electron chi connectivity index (χ1n) is 6.48. The highest BCUT2D eigenvalue weighted by Gasteiger charge is 2.16. The standard InChI is InChI=1S/C12H19N7O/c1-9(2)5-6-10-15-11(16-18(10)3)12(17-20-4)19-8-13-7-14-19/h7-9H,5-6H2,1-4H3. The van der Waals surface area contributed by atoms with Gasteiger partial charge < -0.3 is 4.84 Å². The SMILES string of the molecule is CON=C(c1nc(CCC(C)C)n(C)n1)n1cncn1. The average molecular weight is 277 g/mol. The second-order valence-corrected chi connectivity index (χ2v) is 4.85. The van der Waals surface area contributed by atoms with E-state index in [0.29, 0.717) is 17.6 Å². The van der Waals surface area contributed by atoms with Crippen molar-refractivity contribution in [2.45, 2.75) is 26.7 Å². The van der Waals surface area contributed by atoms with Gasteiger partial charge in [-0.2, -0.15) is 9.78 Å². The maximum Gasteiger partial charge on any atom is 0.241 e. The van der Waals surface area contributed by atoms with E-state index in [2.05, 4.69) is 39.2 Å². The fourth-order valence-electron chi connectivity index (χ4n) is 1.74. The molecule has 8 nitrogen and oxygen atoms in total. The third-order valence-electron chi connectivity index (χ3n) is 2.81. The first-order chi connectivity index (χ1) is 9.61. The maximum atomic E-state index is 4.84. The van der Waals surface area contributed by atoms with Crippen LogP contribution in [0.25, 0.3) is 0 Å². The van der Waals surface area contributed by atoms with Crippen LogP contribution in [-0.4, -0.2) is 42.5 Å². The summed E-state index contributed by atoms with van der Waals surface area (Å²) in [5.41, 5.74) is 0. The molecule has 2 heterocycles. The van der Waals surface area contributed by atoms with Gasteiger partial charge >= 0.3 is 0 Å². The van der Waals surface area contributed by atoms with E-state index in [4.69, 9.17) is 4.84 Å². The second-order valence-electron chi connectivity index (χ2n) is 4.85. The van der Waals surface area contributed by atoms with Crippen LogP contribution in [0.4, 0.5) is 0 Å². The lowest BCUT2D eigenvalue weighted by molar-refractivity contribution is 0.211. The molecule has 0 aliphatic heterocycles. The molecule has 8 heteroatoms. The quantitative estimate of drug-likeness (QED) is 0.459. The van der Waals surface area contributed by atoms with Crippen molar-refractivity contribution in [3.05, 3.63) is 24.3 Å². The van der Waals surface area contributed by atoms with Gasteiger partial charge in [0.25, 0.3) is 0 Å². The molecule has 0 bridgehead atoms. The minimum absolute atomic E-state index is 0.413. The average Bonchev–Trinajstić information content (AvgIpc) is 3.03. The Morgan fingerprint density at radius 2 is 2.25 bits per heavy atom. The smallest absolute Gasteiger partial charge is 0.241 e. The van der Waals surface area contributed by atoms with E-state index >= 15 is 0 Å². The van der Waals surface area contributed by atoms with Crippen LogP contribution in [-0.2, 0) is 18.3 Å². The summed E-state index contributed by atoms with van der Waals surface area (Å²) in [7, 11) is 3.34. The van der Waals surface area contributed by atoms with Crippen LogP contribution in [0.3, 0.4) is 0 Å². The molecule has 0 fully saturated rings. The largest absolute Gasteiger partial charge is 0.397 e. The fraction of sp³-hybridized carbons (Fsp3) is 0.583. The zero-order valence-electron chi connectivity index (χ0n) is 12.2. The normalized spacial score (nSPS) is 12.2. The molecule has 0 spiro atoms. The lowest BCUT2D eigenvalue weighted by Gasteiger charge is -2.02. The number of rotatable bonds is 5. The van der Waals surface area contributed by atoms with Crippen molar-refractivity contribution in [3.8, 4) is 0 Å². The van der Waals surface area contributed by atoms with Crippen LogP contribution < -0.4 is 0 Å². The van der Waals surface area contributed by atoms with Gasteiger partial charge in [-0.1, -0.05) is 19.0 Å². The topological polar surface area (TPSA) is 83.0 Å². The molecule has 0 amide bonds. The number of nitrogens with zero attached hydrogens (tertiary/aromatic N) is 7. The monoisotopic (exact) mass is 277 g/mol. The number of hydrogen-bond donors (Lipinski definition) is 0. The molecule has 2 rings (SSSR count). The summed E-state index contributed by atoms with van der Waals surface area (Å²) in [6, 6.07) is 0. The predicted octanol–water partition coefficient (Wildman–Crippen LogP) is 0.851. The Morgan fingerprint density at radius 1 is 1.45 bits per heavy atom. The van der Waals surface area contributed by atoms with E-state index in [1.807, 2.05) is 7.05 Å². The molecule has 0 atom stereocenters. The fourth-order valence-corrected chi connectivity index (χ4v) is 1.74. The van der Waals surface area contributed by atoms with E-state index in [0.717, 1.165) is 18.7 Å². The van der Waals surface area contributed by atoms with Gasteiger partial charge in [0.1, 0.15) is 25.6 Å². The highest BCUT2D eigenvalue weighted by Crippen LogP contribution is 2.08. The van der Waals surface area contributed by atoms with Gasteiger partial charge in [-0.05, 0) is 12.3 Å². The van der Waals surface area contributed by atoms with E-state index in [1.54, 1.807) is 4.68 Å². The first kappa shape index (κ1) is 14.2. The van der Waals surface area contributed by atoms with Crippen LogP contribution >= 0.6 is 0 Å². The van der Waals surface area contributed by atoms with Crippen molar-refractivity contribution in [2.24, 2.45) is 18.1 Å². The summed E-state index contributed by atoms with van der Waals surface area (Å²) in [6.07, 6.45) is 4.89. The van der Waals surface area contributed by atoms with Crippen molar-refractivity contribution < 1.29 is 4.84 Å². The second kappa shape index (κ2) is 6.27. The molecule has 0 radical (unpaired) electrons. The molecule has 0 aliphatic rings. The van der Waals surface area contributed by atoms with Crippen LogP contribution in [0.15, 0.2) is 17.8 Å². The zero-order valence-corrected chi connectivity index (χ0v) is 12.2. The Bertz CT molecular complexity index is 571. The summed E-state index contributed by atoms with van der Waals surface area (Å²) in [5, 5.41) is 12.3. The Kier molecular flexibility index (Phi) is 4.44. The number of aryl methyl sites for hydroxylation is 2. The molecule has 0 aromatic carbocycles. The van der Waals surface area contributed by atoms with Crippen LogP contribution in [0.1, 0.15) is 31.9 Å². The van der Waals surface area contributed by atoms with Gasteiger partial charge in [-0.25, -0.2) is 9.97 Å². The summed E-state index contributed by atoms with van der Waals surface area (Å²) in [5.74, 6) is 2.42. The molecule has 0 saturated carbocycles.